The maximum atomic E-state index is 10.9. The van der Waals surface area contributed by atoms with Gasteiger partial charge in [0.25, 0.3) is 0 Å². The van der Waals surface area contributed by atoms with Crippen LogP contribution in [0.5, 0.6) is 0 Å². The van der Waals surface area contributed by atoms with E-state index in [1.807, 2.05) is 18.2 Å². The number of carboxylic acids is 1. The summed E-state index contributed by atoms with van der Waals surface area (Å²) in [5, 5.41) is 8.94. The summed E-state index contributed by atoms with van der Waals surface area (Å²) in [7, 11) is 0. The van der Waals surface area contributed by atoms with E-state index in [0.717, 1.165) is 31.6 Å². The van der Waals surface area contributed by atoms with E-state index in [-0.39, 0.29) is 0 Å². The largest absolute Gasteiger partial charge is 0.478 e. The van der Waals surface area contributed by atoms with Gasteiger partial charge in [-0.15, -0.1) is 0 Å². The number of hydrogen-bond acceptors (Lipinski definition) is 2. The van der Waals surface area contributed by atoms with Gasteiger partial charge < -0.3 is 10.0 Å². The molecule has 1 heterocycles. The highest BCUT2D eigenvalue weighted by molar-refractivity contribution is 5.88. The highest BCUT2D eigenvalue weighted by Crippen LogP contribution is 2.24. The van der Waals surface area contributed by atoms with Crippen LogP contribution < -0.4 is 4.90 Å². The van der Waals surface area contributed by atoms with Crippen LogP contribution in [0.15, 0.2) is 60.2 Å². The summed E-state index contributed by atoms with van der Waals surface area (Å²) in [6, 6.07) is 17.6. The highest BCUT2D eigenvalue weighted by atomic mass is 16.4. The smallest absolute Gasteiger partial charge is 0.335 e. The zero-order valence-corrected chi connectivity index (χ0v) is 12.4. The lowest BCUT2D eigenvalue weighted by atomic mass is 10.0. The van der Waals surface area contributed by atoms with E-state index in [2.05, 4.69) is 35.2 Å². The summed E-state index contributed by atoms with van der Waals surface area (Å²) >= 11 is 0. The summed E-state index contributed by atoms with van der Waals surface area (Å²) < 4.78 is 0. The zero-order valence-electron chi connectivity index (χ0n) is 12.4. The molecular weight excluding hydrogens is 274 g/mol. The van der Waals surface area contributed by atoms with Gasteiger partial charge in [0, 0.05) is 18.8 Å². The van der Waals surface area contributed by atoms with Crippen molar-refractivity contribution in [2.75, 3.05) is 18.0 Å². The molecule has 2 aromatic carbocycles. The first-order chi connectivity index (χ1) is 10.7. The second-order valence-corrected chi connectivity index (χ2v) is 5.55. The van der Waals surface area contributed by atoms with E-state index in [9.17, 15) is 4.79 Å². The molecule has 3 rings (SSSR count). The molecule has 112 valence electrons. The van der Waals surface area contributed by atoms with Crippen LogP contribution in [0.3, 0.4) is 0 Å². The normalized spacial score (nSPS) is 14.7. The summed E-state index contributed by atoms with van der Waals surface area (Å²) in [6.45, 7) is 1.95. The van der Waals surface area contributed by atoms with Gasteiger partial charge in [-0.25, -0.2) is 4.79 Å². The van der Waals surface area contributed by atoms with E-state index in [4.69, 9.17) is 5.11 Å². The van der Waals surface area contributed by atoms with Gasteiger partial charge in [-0.1, -0.05) is 42.0 Å². The Morgan fingerprint density at radius 1 is 0.955 bits per heavy atom. The lowest BCUT2D eigenvalue weighted by molar-refractivity contribution is 0.0697. The van der Waals surface area contributed by atoms with Crippen LogP contribution >= 0.6 is 0 Å². The molecule has 1 aliphatic rings. The fourth-order valence-electron chi connectivity index (χ4n) is 2.80. The molecule has 1 aliphatic heterocycles. The lowest BCUT2D eigenvalue weighted by Gasteiger charge is -2.30. The van der Waals surface area contributed by atoms with Crippen LogP contribution in [-0.4, -0.2) is 24.2 Å². The van der Waals surface area contributed by atoms with E-state index >= 15 is 0 Å². The molecule has 0 radical (unpaired) electrons. The van der Waals surface area contributed by atoms with Gasteiger partial charge in [-0.3, -0.25) is 0 Å². The Morgan fingerprint density at radius 2 is 1.59 bits per heavy atom. The number of carbonyl (C=O) groups is 1. The monoisotopic (exact) mass is 293 g/mol. The number of anilines is 1. The van der Waals surface area contributed by atoms with Gasteiger partial charge in [0.15, 0.2) is 0 Å². The molecule has 1 fully saturated rings. The van der Waals surface area contributed by atoms with Crippen molar-refractivity contribution in [3.63, 3.8) is 0 Å². The summed E-state index contributed by atoms with van der Waals surface area (Å²) in [6.07, 6.45) is 4.38. The molecule has 0 spiro atoms. The average Bonchev–Trinajstić information content (AvgIpc) is 2.57. The van der Waals surface area contributed by atoms with Crippen molar-refractivity contribution in [2.24, 2.45) is 0 Å². The molecule has 0 aliphatic carbocycles. The lowest BCUT2D eigenvalue weighted by Crippen LogP contribution is -2.30. The van der Waals surface area contributed by atoms with Crippen LogP contribution in [-0.2, 0) is 0 Å². The fourth-order valence-corrected chi connectivity index (χ4v) is 2.80. The van der Waals surface area contributed by atoms with Crippen LogP contribution in [0.4, 0.5) is 5.69 Å². The molecule has 3 heteroatoms. The standard InChI is InChI=1S/C19H19NO2/c21-19(22)17-6-8-18(9-7-17)20-12-10-16(11-13-20)14-15-4-2-1-3-5-15/h1-9,14H,10-13H2,(H,21,22). The van der Waals surface area contributed by atoms with Gasteiger partial charge in [0.2, 0.25) is 0 Å². The molecule has 0 aromatic heterocycles. The third kappa shape index (κ3) is 3.37. The first kappa shape index (κ1) is 14.4. The first-order valence-electron chi connectivity index (χ1n) is 7.55. The Hall–Kier alpha value is -2.55. The van der Waals surface area contributed by atoms with Gasteiger partial charge in [-0.05, 0) is 42.7 Å². The molecule has 22 heavy (non-hydrogen) atoms. The second-order valence-electron chi connectivity index (χ2n) is 5.55. The van der Waals surface area contributed by atoms with Crippen LogP contribution in [0.2, 0.25) is 0 Å². The number of benzene rings is 2. The quantitative estimate of drug-likeness (QED) is 0.927. The van der Waals surface area contributed by atoms with Crippen molar-refractivity contribution >= 4 is 17.7 Å². The third-order valence-electron chi connectivity index (χ3n) is 4.06. The average molecular weight is 293 g/mol. The molecular formula is C19H19NO2. The van der Waals surface area contributed by atoms with Crippen molar-refractivity contribution in [3.8, 4) is 0 Å². The minimum Gasteiger partial charge on any atom is -0.478 e. The molecule has 1 N–H and O–H groups in total. The van der Waals surface area contributed by atoms with E-state index in [0.29, 0.717) is 5.56 Å². The number of piperidine rings is 1. The molecule has 0 saturated carbocycles. The Kier molecular flexibility index (Phi) is 4.24. The Balaban J connectivity index is 1.64. The third-order valence-corrected chi connectivity index (χ3v) is 4.06. The van der Waals surface area contributed by atoms with Crippen molar-refractivity contribution in [2.45, 2.75) is 12.8 Å². The second kappa shape index (κ2) is 6.48. The van der Waals surface area contributed by atoms with E-state index < -0.39 is 5.97 Å². The van der Waals surface area contributed by atoms with Crippen molar-refractivity contribution in [3.05, 3.63) is 71.3 Å². The summed E-state index contributed by atoms with van der Waals surface area (Å²) in [5.41, 5.74) is 4.18. The number of aromatic carboxylic acids is 1. The first-order valence-corrected chi connectivity index (χ1v) is 7.55. The van der Waals surface area contributed by atoms with Gasteiger partial charge >= 0.3 is 5.97 Å². The molecule has 0 amide bonds. The van der Waals surface area contributed by atoms with Gasteiger partial charge in [-0.2, -0.15) is 0 Å². The van der Waals surface area contributed by atoms with Gasteiger partial charge in [0.05, 0.1) is 5.56 Å². The van der Waals surface area contributed by atoms with Crippen molar-refractivity contribution in [1.29, 1.82) is 0 Å². The SMILES string of the molecule is O=C(O)c1ccc(N2CCC(=Cc3ccccc3)CC2)cc1. The van der Waals surface area contributed by atoms with Crippen LogP contribution in [0, 0.1) is 0 Å². The topological polar surface area (TPSA) is 40.5 Å². The maximum Gasteiger partial charge on any atom is 0.335 e. The Morgan fingerprint density at radius 3 is 2.18 bits per heavy atom. The van der Waals surface area contributed by atoms with Crippen LogP contribution in [0.1, 0.15) is 28.8 Å². The molecule has 3 nitrogen and oxygen atoms in total. The molecule has 2 aromatic rings. The number of hydrogen-bond donors (Lipinski definition) is 1. The summed E-state index contributed by atoms with van der Waals surface area (Å²) in [5.74, 6) is -0.877. The maximum absolute atomic E-state index is 10.9. The van der Waals surface area contributed by atoms with Crippen molar-refractivity contribution in [1.82, 2.24) is 0 Å². The number of nitrogens with zero attached hydrogens (tertiary/aromatic N) is 1. The molecule has 1 saturated heterocycles. The number of carboxylic acid groups (broad SMARTS) is 1. The Bertz CT molecular complexity index is 664. The predicted molar refractivity (Wildman–Crippen MR) is 89.3 cm³/mol. The molecule has 0 atom stereocenters. The minimum absolute atomic E-state index is 0.338. The van der Waals surface area contributed by atoms with Crippen LogP contribution in [0.25, 0.3) is 6.08 Å². The minimum atomic E-state index is -0.877. The zero-order chi connectivity index (χ0) is 15.4. The fraction of sp³-hybridized carbons (Fsp3) is 0.211. The molecule has 0 unspecified atom stereocenters. The summed E-state index contributed by atoms with van der Waals surface area (Å²) in [4.78, 5) is 13.2. The van der Waals surface area contributed by atoms with Gasteiger partial charge in [0.1, 0.15) is 0 Å². The van der Waals surface area contributed by atoms with Crippen molar-refractivity contribution < 1.29 is 9.90 Å². The van der Waals surface area contributed by atoms with E-state index in [1.165, 1.54) is 11.1 Å². The predicted octanol–water partition coefficient (Wildman–Crippen LogP) is 4.07. The highest BCUT2D eigenvalue weighted by Gasteiger charge is 2.14. The Labute approximate surface area is 130 Å². The molecule has 0 bridgehead atoms. The number of rotatable bonds is 3. The van der Waals surface area contributed by atoms with E-state index in [1.54, 1.807) is 12.1 Å².